The average Bonchev–Trinajstić information content (AvgIpc) is 2.89. The summed E-state index contributed by atoms with van der Waals surface area (Å²) >= 11 is 15.2. The van der Waals surface area contributed by atoms with E-state index >= 15 is 0 Å². The Hall–Kier alpha value is -2.84. The highest BCUT2D eigenvalue weighted by Crippen LogP contribution is 2.43. The number of hydrogen-bond donors (Lipinski definition) is 2. The highest BCUT2D eigenvalue weighted by molar-refractivity contribution is 8.00. The molecule has 3 amide bonds. The van der Waals surface area contributed by atoms with Crippen molar-refractivity contribution < 1.29 is 9.59 Å². The molecule has 1 aliphatic carbocycles. The van der Waals surface area contributed by atoms with Crippen LogP contribution in [0.5, 0.6) is 0 Å². The summed E-state index contributed by atoms with van der Waals surface area (Å²) in [5.74, 6) is -0.163. The fourth-order valence-electron chi connectivity index (χ4n) is 4.13. The molecule has 0 bridgehead atoms. The molecule has 37 heavy (non-hydrogen) atoms. The summed E-state index contributed by atoms with van der Waals surface area (Å²) in [7, 11) is 0. The summed E-state index contributed by atoms with van der Waals surface area (Å²) in [6.45, 7) is 1.83. The van der Waals surface area contributed by atoms with E-state index in [2.05, 4.69) is 22.8 Å². The summed E-state index contributed by atoms with van der Waals surface area (Å²) in [6.07, 6.45) is 8.20. The zero-order valence-corrected chi connectivity index (χ0v) is 22.9. The Labute approximate surface area is 234 Å². The first-order valence-corrected chi connectivity index (χ1v) is 14.1. The minimum Gasteiger partial charge on any atom is -0.325 e. The maximum atomic E-state index is 13.5. The number of para-hydroxylation sites is 1. The van der Waals surface area contributed by atoms with Crippen LogP contribution in [-0.2, 0) is 4.79 Å². The smallest absolute Gasteiger partial charge is 0.325 e. The van der Waals surface area contributed by atoms with Crippen molar-refractivity contribution in [3.8, 4) is 0 Å². The number of carbonyl (C=O) groups is 2. The number of anilines is 3. The molecule has 0 saturated carbocycles. The number of benzene rings is 3. The predicted molar refractivity (Wildman–Crippen MR) is 157 cm³/mol. The van der Waals surface area contributed by atoms with Gasteiger partial charge in [0.05, 0.1) is 32.3 Å². The van der Waals surface area contributed by atoms with Crippen molar-refractivity contribution in [3.05, 3.63) is 101 Å². The molecule has 0 aromatic heterocycles. The van der Waals surface area contributed by atoms with E-state index in [4.69, 9.17) is 23.2 Å². The molecule has 2 aliphatic rings. The van der Waals surface area contributed by atoms with Crippen LogP contribution in [0.1, 0.15) is 6.92 Å². The Morgan fingerprint density at radius 1 is 0.919 bits per heavy atom. The number of hydrogen-bond acceptors (Lipinski definition) is 4. The lowest BCUT2D eigenvalue weighted by Gasteiger charge is -2.40. The number of rotatable bonds is 5. The second kappa shape index (κ2) is 11.3. The largest absolute Gasteiger partial charge is 0.326 e. The van der Waals surface area contributed by atoms with Crippen molar-refractivity contribution in [2.45, 2.75) is 33.3 Å². The molecule has 188 valence electrons. The summed E-state index contributed by atoms with van der Waals surface area (Å²) < 4.78 is 0. The number of amides is 3. The van der Waals surface area contributed by atoms with Gasteiger partial charge in [0.15, 0.2) is 0 Å². The molecule has 3 aromatic carbocycles. The van der Waals surface area contributed by atoms with Gasteiger partial charge >= 0.3 is 6.03 Å². The monoisotopic (exact) mass is 567 g/mol. The number of thioether (sulfide) groups is 2. The van der Waals surface area contributed by atoms with Gasteiger partial charge in [0.2, 0.25) is 5.91 Å². The van der Waals surface area contributed by atoms with Crippen molar-refractivity contribution in [3.63, 3.8) is 0 Å². The van der Waals surface area contributed by atoms with Crippen LogP contribution in [0.15, 0.2) is 101 Å². The molecule has 1 aliphatic heterocycles. The third-order valence-electron chi connectivity index (χ3n) is 5.92. The first kappa shape index (κ1) is 25.8. The zero-order valence-electron chi connectivity index (χ0n) is 19.7. The molecule has 9 heteroatoms. The maximum absolute atomic E-state index is 13.5. The van der Waals surface area contributed by atoms with Gasteiger partial charge in [-0.1, -0.05) is 65.7 Å². The van der Waals surface area contributed by atoms with E-state index < -0.39 is 0 Å². The number of fused-ring (bicyclic) bond motifs is 2. The molecule has 0 fully saturated rings. The van der Waals surface area contributed by atoms with Crippen LogP contribution in [0.4, 0.5) is 21.9 Å². The molecule has 3 aromatic rings. The van der Waals surface area contributed by atoms with E-state index in [0.29, 0.717) is 21.4 Å². The van der Waals surface area contributed by atoms with Gasteiger partial charge in [-0.3, -0.25) is 9.69 Å². The van der Waals surface area contributed by atoms with Crippen LogP contribution < -0.4 is 15.5 Å². The van der Waals surface area contributed by atoms with Gasteiger partial charge in [0.25, 0.3) is 0 Å². The number of nitrogens with one attached hydrogen (secondary N) is 2. The fourth-order valence-corrected chi connectivity index (χ4v) is 6.61. The van der Waals surface area contributed by atoms with Gasteiger partial charge in [-0.05, 0) is 55.5 Å². The van der Waals surface area contributed by atoms with Crippen molar-refractivity contribution in [1.82, 2.24) is 0 Å². The molecular formula is C28H23Cl2N3O2S2. The minimum atomic E-state index is -0.383. The fraction of sp³-hybridized carbons (Fsp3) is 0.143. The lowest BCUT2D eigenvalue weighted by molar-refractivity contribution is -0.115. The summed E-state index contributed by atoms with van der Waals surface area (Å²) in [5.41, 5.74) is 2.14. The van der Waals surface area contributed by atoms with Gasteiger partial charge in [0.1, 0.15) is 0 Å². The van der Waals surface area contributed by atoms with Crippen molar-refractivity contribution in [1.29, 1.82) is 0 Å². The molecule has 5 nitrogen and oxygen atoms in total. The number of nitrogens with zero attached hydrogens (tertiary/aromatic N) is 1. The molecule has 3 unspecified atom stereocenters. The SMILES string of the molecule is CC(Sc1cccc(NC(=O)N2c3ccccc3SC3C=CC=CC32)c1)C(=O)Nc1ccc(Cl)c(Cl)c1. The molecule has 0 radical (unpaired) electrons. The first-order valence-electron chi connectivity index (χ1n) is 11.6. The molecule has 3 atom stereocenters. The molecule has 0 spiro atoms. The number of urea groups is 1. The number of halogens is 2. The van der Waals surface area contributed by atoms with Crippen LogP contribution in [0, 0.1) is 0 Å². The minimum absolute atomic E-state index is 0.0763. The van der Waals surface area contributed by atoms with Gasteiger partial charge in [-0.15, -0.1) is 23.5 Å². The third-order valence-corrected chi connectivity index (χ3v) is 9.06. The normalized spacial score (nSPS) is 18.5. The van der Waals surface area contributed by atoms with Gasteiger partial charge in [-0.2, -0.15) is 0 Å². The van der Waals surface area contributed by atoms with E-state index in [-0.39, 0.29) is 28.5 Å². The number of carbonyl (C=O) groups excluding carboxylic acids is 2. The van der Waals surface area contributed by atoms with Crippen molar-refractivity contribution in [2.24, 2.45) is 0 Å². The van der Waals surface area contributed by atoms with E-state index in [1.807, 2.05) is 72.5 Å². The number of allylic oxidation sites excluding steroid dienone is 2. The van der Waals surface area contributed by atoms with Crippen LogP contribution >= 0.6 is 46.7 Å². The molecule has 2 N–H and O–H groups in total. The highest BCUT2D eigenvalue weighted by atomic mass is 35.5. The second-order valence-electron chi connectivity index (χ2n) is 8.52. The van der Waals surface area contributed by atoms with Gasteiger partial charge < -0.3 is 10.6 Å². The Bertz CT molecular complexity index is 1410. The van der Waals surface area contributed by atoms with Gasteiger partial charge in [0, 0.05) is 21.2 Å². The van der Waals surface area contributed by atoms with Crippen LogP contribution in [-0.4, -0.2) is 28.5 Å². The van der Waals surface area contributed by atoms with E-state index in [1.54, 1.807) is 30.0 Å². The topological polar surface area (TPSA) is 61.4 Å². The predicted octanol–water partition coefficient (Wildman–Crippen LogP) is 8.12. The van der Waals surface area contributed by atoms with Crippen LogP contribution in [0.25, 0.3) is 0 Å². The molecule has 5 rings (SSSR count). The quantitative estimate of drug-likeness (QED) is 0.305. The van der Waals surface area contributed by atoms with E-state index in [0.717, 1.165) is 15.5 Å². The Balaban J connectivity index is 1.28. The third kappa shape index (κ3) is 5.85. The average molecular weight is 569 g/mol. The van der Waals surface area contributed by atoms with E-state index in [1.165, 1.54) is 11.8 Å². The maximum Gasteiger partial charge on any atom is 0.326 e. The van der Waals surface area contributed by atoms with Crippen LogP contribution in [0.2, 0.25) is 10.0 Å². The summed E-state index contributed by atoms with van der Waals surface area (Å²) in [5, 5.41) is 6.50. The molecular weight excluding hydrogens is 545 g/mol. The standard InChI is InChI=1S/C28H23Cl2N3O2S2/c1-17(27(34)31-19-13-14-21(29)22(30)16-19)36-20-8-6-7-18(15-20)32-28(35)33-23-9-2-4-11-25(23)37-26-12-5-3-10-24(26)33/h2-17,23,25H,1H3,(H,31,34)(H,32,35). The molecule has 1 heterocycles. The van der Waals surface area contributed by atoms with Crippen LogP contribution in [0.3, 0.4) is 0 Å². The summed E-state index contributed by atoms with van der Waals surface area (Å²) in [6, 6.07) is 20.2. The Kier molecular flexibility index (Phi) is 7.86. The first-order chi connectivity index (χ1) is 17.9. The highest BCUT2D eigenvalue weighted by Gasteiger charge is 2.36. The van der Waals surface area contributed by atoms with Gasteiger partial charge in [-0.25, -0.2) is 4.79 Å². The lowest BCUT2D eigenvalue weighted by atomic mass is 10.1. The molecule has 0 saturated heterocycles. The second-order valence-corrected chi connectivity index (χ2v) is 12.0. The Morgan fingerprint density at radius 2 is 1.70 bits per heavy atom. The van der Waals surface area contributed by atoms with Crippen molar-refractivity contribution >= 4 is 75.7 Å². The Morgan fingerprint density at radius 3 is 2.54 bits per heavy atom. The summed E-state index contributed by atoms with van der Waals surface area (Å²) in [4.78, 5) is 30.0. The zero-order chi connectivity index (χ0) is 25.9. The lowest BCUT2D eigenvalue weighted by Crippen LogP contribution is -2.49. The van der Waals surface area contributed by atoms with E-state index in [9.17, 15) is 9.59 Å². The van der Waals surface area contributed by atoms with Crippen molar-refractivity contribution in [2.75, 3.05) is 15.5 Å².